The summed E-state index contributed by atoms with van der Waals surface area (Å²) in [6.07, 6.45) is 0.964. The lowest BCUT2D eigenvalue weighted by Crippen LogP contribution is -2.10. The number of ether oxygens (including phenoxy) is 1. The van der Waals surface area contributed by atoms with Crippen molar-refractivity contribution in [3.8, 4) is 0 Å². The third-order valence-corrected chi connectivity index (χ3v) is 3.80. The standard InChI is InChI=1S/C10H11ClOS/c11-9-6-7-12-10(9)13-8-4-2-1-3-5-8/h1-5,9-10H,6-7H2. The highest BCUT2D eigenvalue weighted by Gasteiger charge is 2.26. The van der Waals surface area contributed by atoms with Gasteiger partial charge in [-0.3, -0.25) is 0 Å². The monoisotopic (exact) mass is 214 g/mol. The van der Waals surface area contributed by atoms with E-state index in [1.165, 1.54) is 4.90 Å². The molecule has 0 radical (unpaired) electrons. The summed E-state index contributed by atoms with van der Waals surface area (Å²) in [7, 11) is 0. The van der Waals surface area contributed by atoms with Gasteiger partial charge in [-0.05, 0) is 18.6 Å². The number of alkyl halides is 1. The van der Waals surface area contributed by atoms with Crippen LogP contribution in [0.2, 0.25) is 0 Å². The highest BCUT2D eigenvalue weighted by Crippen LogP contribution is 2.33. The molecular weight excluding hydrogens is 204 g/mol. The molecule has 3 heteroatoms. The van der Waals surface area contributed by atoms with Crippen LogP contribution in [0.1, 0.15) is 6.42 Å². The molecule has 0 N–H and O–H groups in total. The van der Waals surface area contributed by atoms with E-state index >= 15 is 0 Å². The maximum atomic E-state index is 6.08. The first-order valence-corrected chi connectivity index (χ1v) is 5.65. The summed E-state index contributed by atoms with van der Waals surface area (Å²) in [6.45, 7) is 0.790. The van der Waals surface area contributed by atoms with Gasteiger partial charge in [-0.15, -0.1) is 11.6 Å². The summed E-state index contributed by atoms with van der Waals surface area (Å²) in [5.74, 6) is 0. The van der Waals surface area contributed by atoms with Gasteiger partial charge in [-0.25, -0.2) is 0 Å². The predicted octanol–water partition coefficient (Wildman–Crippen LogP) is 3.13. The van der Waals surface area contributed by atoms with E-state index in [-0.39, 0.29) is 10.8 Å². The van der Waals surface area contributed by atoms with Gasteiger partial charge < -0.3 is 4.74 Å². The molecule has 1 aromatic carbocycles. The van der Waals surface area contributed by atoms with E-state index in [2.05, 4.69) is 12.1 Å². The van der Waals surface area contributed by atoms with Crippen LogP contribution in [-0.2, 0) is 4.74 Å². The second kappa shape index (κ2) is 4.36. The number of hydrogen-bond acceptors (Lipinski definition) is 2. The van der Waals surface area contributed by atoms with Crippen molar-refractivity contribution in [3.63, 3.8) is 0 Å². The summed E-state index contributed by atoms with van der Waals surface area (Å²) in [5.41, 5.74) is 0.129. The van der Waals surface area contributed by atoms with E-state index in [0.29, 0.717) is 0 Å². The van der Waals surface area contributed by atoms with Crippen molar-refractivity contribution in [1.29, 1.82) is 0 Å². The molecule has 1 fully saturated rings. The van der Waals surface area contributed by atoms with Gasteiger partial charge >= 0.3 is 0 Å². The maximum Gasteiger partial charge on any atom is 0.124 e. The van der Waals surface area contributed by atoms with Crippen LogP contribution in [0, 0.1) is 0 Å². The number of thioether (sulfide) groups is 1. The van der Waals surface area contributed by atoms with Gasteiger partial charge in [0.15, 0.2) is 0 Å². The lowest BCUT2D eigenvalue weighted by atomic mass is 10.4. The maximum absolute atomic E-state index is 6.08. The predicted molar refractivity (Wildman–Crippen MR) is 56.3 cm³/mol. The van der Waals surface area contributed by atoms with Crippen LogP contribution >= 0.6 is 23.4 Å². The van der Waals surface area contributed by atoms with Crippen molar-refractivity contribution >= 4 is 23.4 Å². The summed E-state index contributed by atoms with van der Waals surface area (Å²) in [4.78, 5) is 1.22. The van der Waals surface area contributed by atoms with Crippen molar-refractivity contribution in [2.45, 2.75) is 22.1 Å². The summed E-state index contributed by atoms with van der Waals surface area (Å²) >= 11 is 7.79. The zero-order valence-corrected chi connectivity index (χ0v) is 8.72. The van der Waals surface area contributed by atoms with Crippen LogP contribution < -0.4 is 0 Å². The molecule has 0 aliphatic carbocycles. The van der Waals surface area contributed by atoms with Crippen LogP contribution in [0.25, 0.3) is 0 Å². The Bertz CT molecular complexity index is 265. The molecule has 1 heterocycles. The van der Waals surface area contributed by atoms with Gasteiger partial charge in [0, 0.05) is 11.5 Å². The molecule has 0 aromatic heterocycles. The largest absolute Gasteiger partial charge is 0.366 e. The molecule has 2 unspecified atom stereocenters. The number of hydrogen-bond donors (Lipinski definition) is 0. The lowest BCUT2D eigenvalue weighted by Gasteiger charge is -2.11. The van der Waals surface area contributed by atoms with Crippen LogP contribution in [0.15, 0.2) is 35.2 Å². The highest BCUT2D eigenvalue weighted by molar-refractivity contribution is 7.99. The molecule has 0 bridgehead atoms. The zero-order chi connectivity index (χ0) is 9.10. The molecule has 0 spiro atoms. The van der Waals surface area contributed by atoms with Gasteiger partial charge in [0.25, 0.3) is 0 Å². The summed E-state index contributed by atoms with van der Waals surface area (Å²) in [5, 5.41) is 0.158. The van der Waals surface area contributed by atoms with E-state index in [1.807, 2.05) is 18.2 Å². The Kier molecular flexibility index (Phi) is 3.14. The Morgan fingerprint density at radius 2 is 2.08 bits per heavy atom. The quantitative estimate of drug-likeness (QED) is 0.700. The molecule has 70 valence electrons. The zero-order valence-electron chi connectivity index (χ0n) is 7.15. The van der Waals surface area contributed by atoms with Gasteiger partial charge in [0.05, 0.1) is 5.38 Å². The fourth-order valence-electron chi connectivity index (χ4n) is 1.28. The third kappa shape index (κ3) is 2.39. The molecule has 2 rings (SSSR count). The van der Waals surface area contributed by atoms with E-state index in [9.17, 15) is 0 Å². The molecule has 1 aliphatic rings. The fraction of sp³-hybridized carbons (Fsp3) is 0.400. The second-order valence-electron chi connectivity index (χ2n) is 2.97. The third-order valence-electron chi connectivity index (χ3n) is 1.97. The molecular formula is C10H11ClOS. The van der Waals surface area contributed by atoms with Gasteiger partial charge in [0.2, 0.25) is 0 Å². The van der Waals surface area contributed by atoms with E-state index in [0.717, 1.165) is 13.0 Å². The van der Waals surface area contributed by atoms with Crippen LogP contribution in [0.4, 0.5) is 0 Å². The Morgan fingerprint density at radius 3 is 2.69 bits per heavy atom. The molecule has 1 saturated heterocycles. The van der Waals surface area contributed by atoms with Crippen molar-refractivity contribution in [3.05, 3.63) is 30.3 Å². The van der Waals surface area contributed by atoms with E-state index < -0.39 is 0 Å². The molecule has 0 amide bonds. The summed E-state index contributed by atoms with van der Waals surface area (Å²) in [6, 6.07) is 10.2. The SMILES string of the molecule is ClC1CCOC1Sc1ccccc1. The van der Waals surface area contributed by atoms with Gasteiger partial charge in [0.1, 0.15) is 5.44 Å². The van der Waals surface area contributed by atoms with Crippen molar-refractivity contribution in [2.75, 3.05) is 6.61 Å². The number of benzene rings is 1. The number of halogens is 1. The van der Waals surface area contributed by atoms with Gasteiger partial charge in [-0.2, -0.15) is 0 Å². The number of rotatable bonds is 2. The molecule has 1 nitrogen and oxygen atoms in total. The second-order valence-corrected chi connectivity index (χ2v) is 4.71. The van der Waals surface area contributed by atoms with Crippen molar-refractivity contribution < 1.29 is 4.74 Å². The Morgan fingerprint density at radius 1 is 1.31 bits per heavy atom. The average molecular weight is 215 g/mol. The van der Waals surface area contributed by atoms with Gasteiger partial charge in [-0.1, -0.05) is 30.0 Å². The average Bonchev–Trinajstić information content (AvgIpc) is 2.54. The molecule has 1 aliphatic heterocycles. The normalized spacial score (nSPS) is 27.8. The fourth-order valence-corrected chi connectivity index (χ4v) is 2.62. The first-order valence-electron chi connectivity index (χ1n) is 4.33. The van der Waals surface area contributed by atoms with Crippen LogP contribution in [-0.4, -0.2) is 17.4 Å². The molecule has 0 saturated carbocycles. The minimum atomic E-state index is 0.129. The topological polar surface area (TPSA) is 9.23 Å². The minimum Gasteiger partial charge on any atom is -0.366 e. The smallest absolute Gasteiger partial charge is 0.124 e. The lowest BCUT2D eigenvalue weighted by molar-refractivity contribution is 0.174. The first kappa shape index (κ1) is 9.38. The van der Waals surface area contributed by atoms with E-state index in [4.69, 9.17) is 16.3 Å². The van der Waals surface area contributed by atoms with Crippen LogP contribution in [0.3, 0.4) is 0 Å². The Hall–Kier alpha value is -0.180. The van der Waals surface area contributed by atoms with Crippen molar-refractivity contribution in [2.24, 2.45) is 0 Å². The Labute approximate surface area is 87.4 Å². The molecule has 1 aromatic rings. The highest BCUT2D eigenvalue weighted by atomic mass is 35.5. The Balaban J connectivity index is 1.98. The first-order chi connectivity index (χ1) is 6.36. The minimum absolute atomic E-state index is 0.129. The van der Waals surface area contributed by atoms with Crippen LogP contribution in [0.5, 0.6) is 0 Å². The molecule has 13 heavy (non-hydrogen) atoms. The van der Waals surface area contributed by atoms with Crippen molar-refractivity contribution in [1.82, 2.24) is 0 Å². The molecule has 2 atom stereocenters. The summed E-state index contributed by atoms with van der Waals surface area (Å²) < 4.78 is 5.50. The van der Waals surface area contributed by atoms with E-state index in [1.54, 1.807) is 11.8 Å².